The number of hydrogen-bond acceptors (Lipinski definition) is 7. The maximum Gasteiger partial charge on any atom is 0.416 e. The van der Waals surface area contributed by atoms with Crippen molar-refractivity contribution >= 4 is 27.9 Å². The number of ether oxygens (including phenoxy) is 2. The second kappa shape index (κ2) is 13.7. The van der Waals surface area contributed by atoms with Crippen LogP contribution in [0, 0.1) is 5.82 Å². The molecule has 2 aromatic carbocycles. The molecular formula is C34H44FN3O6S. The first kappa shape index (κ1) is 35.6. The van der Waals surface area contributed by atoms with E-state index in [1.807, 2.05) is 24.3 Å². The molecule has 244 valence electrons. The van der Waals surface area contributed by atoms with E-state index in [2.05, 4.69) is 25.8 Å². The van der Waals surface area contributed by atoms with Gasteiger partial charge in [-0.1, -0.05) is 57.2 Å². The number of sulfonamides is 1. The maximum absolute atomic E-state index is 14.1. The molecule has 1 amide bonds. The fourth-order valence-electron chi connectivity index (χ4n) is 4.26. The van der Waals surface area contributed by atoms with Crippen LogP contribution in [0.4, 0.5) is 15.0 Å². The lowest BCUT2D eigenvalue weighted by Gasteiger charge is -2.28. The van der Waals surface area contributed by atoms with Gasteiger partial charge >= 0.3 is 12.1 Å². The minimum absolute atomic E-state index is 0.0249. The number of benzene rings is 2. The van der Waals surface area contributed by atoms with Crippen LogP contribution in [-0.2, 0) is 42.8 Å². The number of amides is 1. The lowest BCUT2D eigenvalue weighted by Crippen LogP contribution is -2.42. The van der Waals surface area contributed by atoms with Crippen molar-refractivity contribution < 1.29 is 31.9 Å². The van der Waals surface area contributed by atoms with Gasteiger partial charge in [0.1, 0.15) is 29.4 Å². The highest BCUT2D eigenvalue weighted by Crippen LogP contribution is 2.26. The standard InChI is InChI=1S/C34H44FN3O6S/c1-32(2,3)25-18-16-24(17-19-25)21-37(45(41,42)28-14-10-12-26(35)20-28)22-27-13-11-15-29(36-27)38(31(40)44-34(7,8)9)23-30(39)43-33(4,5)6/h10-20H,21-23H2,1-9H3. The Morgan fingerprint density at radius 3 is 1.96 bits per heavy atom. The summed E-state index contributed by atoms with van der Waals surface area (Å²) in [4.78, 5) is 31.4. The molecule has 0 radical (unpaired) electrons. The Kier molecular flexibility index (Phi) is 10.8. The summed E-state index contributed by atoms with van der Waals surface area (Å²) < 4.78 is 54.0. The molecule has 0 saturated carbocycles. The normalized spacial score (nSPS) is 12.6. The zero-order chi connectivity index (χ0) is 33.8. The van der Waals surface area contributed by atoms with E-state index in [1.54, 1.807) is 53.7 Å². The average Bonchev–Trinajstić information content (AvgIpc) is 2.89. The van der Waals surface area contributed by atoms with Gasteiger partial charge in [0.05, 0.1) is 17.1 Å². The zero-order valence-electron chi connectivity index (χ0n) is 27.5. The first-order valence-corrected chi connectivity index (χ1v) is 16.1. The summed E-state index contributed by atoms with van der Waals surface area (Å²) in [6, 6.07) is 17.2. The number of nitrogens with zero attached hydrogens (tertiary/aromatic N) is 3. The zero-order valence-corrected chi connectivity index (χ0v) is 28.4. The Morgan fingerprint density at radius 2 is 1.40 bits per heavy atom. The van der Waals surface area contributed by atoms with E-state index < -0.39 is 45.6 Å². The predicted octanol–water partition coefficient (Wildman–Crippen LogP) is 6.99. The van der Waals surface area contributed by atoms with Crippen molar-refractivity contribution in [3.05, 3.63) is 89.4 Å². The highest BCUT2D eigenvalue weighted by Gasteiger charge is 2.30. The van der Waals surface area contributed by atoms with Gasteiger partial charge in [0, 0.05) is 6.54 Å². The molecule has 0 aliphatic heterocycles. The Balaban J connectivity index is 2.02. The molecule has 0 bridgehead atoms. The summed E-state index contributed by atoms with van der Waals surface area (Å²) in [6.45, 7) is 15.8. The van der Waals surface area contributed by atoms with Gasteiger partial charge in [0.2, 0.25) is 10.0 Å². The third-order valence-electron chi connectivity index (χ3n) is 6.34. The largest absolute Gasteiger partial charge is 0.459 e. The molecule has 0 fully saturated rings. The van der Waals surface area contributed by atoms with Crippen LogP contribution >= 0.6 is 0 Å². The Morgan fingerprint density at radius 1 is 0.800 bits per heavy atom. The van der Waals surface area contributed by atoms with E-state index in [0.717, 1.165) is 22.1 Å². The fourth-order valence-corrected chi connectivity index (χ4v) is 5.69. The Hall–Kier alpha value is -3.83. The number of esters is 1. The van der Waals surface area contributed by atoms with Crippen LogP contribution in [0.25, 0.3) is 0 Å². The van der Waals surface area contributed by atoms with Gasteiger partial charge in [-0.25, -0.2) is 22.6 Å². The molecule has 1 aromatic heterocycles. The molecule has 0 atom stereocenters. The topological polar surface area (TPSA) is 106 Å². The van der Waals surface area contributed by atoms with Crippen molar-refractivity contribution in [1.29, 1.82) is 0 Å². The van der Waals surface area contributed by atoms with Crippen molar-refractivity contribution in [3.63, 3.8) is 0 Å². The molecule has 0 saturated heterocycles. The summed E-state index contributed by atoms with van der Waals surface area (Å²) in [5.74, 6) is -1.28. The number of rotatable bonds is 9. The molecule has 0 spiro atoms. The number of hydrogen-bond donors (Lipinski definition) is 0. The van der Waals surface area contributed by atoms with Crippen LogP contribution in [0.5, 0.6) is 0 Å². The molecule has 3 rings (SSSR count). The molecule has 0 N–H and O–H groups in total. The molecular weight excluding hydrogens is 597 g/mol. The summed E-state index contributed by atoms with van der Waals surface area (Å²) >= 11 is 0. The van der Waals surface area contributed by atoms with Crippen molar-refractivity contribution in [2.75, 3.05) is 11.4 Å². The highest BCUT2D eigenvalue weighted by atomic mass is 32.2. The van der Waals surface area contributed by atoms with E-state index in [4.69, 9.17) is 9.47 Å². The molecule has 45 heavy (non-hydrogen) atoms. The van der Waals surface area contributed by atoms with Crippen LogP contribution in [-0.4, -0.2) is 47.5 Å². The number of carbonyl (C=O) groups is 2. The molecule has 9 nitrogen and oxygen atoms in total. The van der Waals surface area contributed by atoms with Crippen molar-refractivity contribution in [3.8, 4) is 0 Å². The third kappa shape index (κ3) is 10.6. The molecule has 0 aliphatic carbocycles. The van der Waals surface area contributed by atoms with E-state index in [1.165, 1.54) is 28.6 Å². The first-order valence-electron chi connectivity index (χ1n) is 14.7. The second-order valence-corrected chi connectivity index (χ2v) is 15.8. The van der Waals surface area contributed by atoms with Crippen molar-refractivity contribution in [2.45, 2.75) is 96.9 Å². The number of pyridine rings is 1. The van der Waals surface area contributed by atoms with Crippen LogP contribution in [0.1, 0.15) is 79.1 Å². The number of halogens is 1. The van der Waals surface area contributed by atoms with Crippen LogP contribution < -0.4 is 4.90 Å². The molecule has 11 heteroatoms. The first-order chi connectivity index (χ1) is 20.6. The number of carbonyl (C=O) groups excluding carboxylic acids is 2. The summed E-state index contributed by atoms with van der Waals surface area (Å²) in [7, 11) is -4.20. The minimum Gasteiger partial charge on any atom is -0.459 e. The highest BCUT2D eigenvalue weighted by molar-refractivity contribution is 7.89. The average molecular weight is 642 g/mol. The van der Waals surface area contributed by atoms with Gasteiger partial charge < -0.3 is 9.47 Å². The van der Waals surface area contributed by atoms with Crippen molar-refractivity contribution in [2.24, 2.45) is 0 Å². The predicted molar refractivity (Wildman–Crippen MR) is 172 cm³/mol. The molecule has 1 heterocycles. The third-order valence-corrected chi connectivity index (χ3v) is 8.13. The summed E-state index contributed by atoms with van der Waals surface area (Å²) in [5, 5.41) is 0. The van der Waals surface area contributed by atoms with Gasteiger partial charge in [-0.3, -0.25) is 9.69 Å². The molecule has 0 aliphatic rings. The van der Waals surface area contributed by atoms with E-state index >= 15 is 0 Å². The monoisotopic (exact) mass is 641 g/mol. The van der Waals surface area contributed by atoms with Gasteiger partial charge in [-0.05, 0) is 88.4 Å². The van der Waals surface area contributed by atoms with Crippen LogP contribution in [0.3, 0.4) is 0 Å². The lowest BCUT2D eigenvalue weighted by molar-refractivity contribution is -0.153. The second-order valence-electron chi connectivity index (χ2n) is 13.8. The fraction of sp³-hybridized carbons (Fsp3) is 0.441. The molecule has 0 unspecified atom stereocenters. The Bertz CT molecular complexity index is 1600. The van der Waals surface area contributed by atoms with Gasteiger partial charge in [-0.2, -0.15) is 4.31 Å². The van der Waals surface area contributed by atoms with Gasteiger partial charge in [-0.15, -0.1) is 0 Å². The van der Waals surface area contributed by atoms with Crippen molar-refractivity contribution in [1.82, 2.24) is 9.29 Å². The van der Waals surface area contributed by atoms with Gasteiger partial charge in [0.25, 0.3) is 0 Å². The summed E-state index contributed by atoms with van der Waals surface area (Å²) in [5.41, 5.74) is 0.362. The van der Waals surface area contributed by atoms with Crippen LogP contribution in [0.15, 0.2) is 71.6 Å². The maximum atomic E-state index is 14.1. The van der Waals surface area contributed by atoms with Gasteiger partial charge in [0.15, 0.2) is 0 Å². The van der Waals surface area contributed by atoms with Crippen LogP contribution in [0.2, 0.25) is 0 Å². The quantitative estimate of drug-likeness (QED) is 0.232. The number of anilines is 1. The minimum atomic E-state index is -4.20. The Labute approximate surface area is 266 Å². The number of aromatic nitrogens is 1. The lowest BCUT2D eigenvalue weighted by atomic mass is 9.87. The SMILES string of the molecule is CC(C)(C)OC(=O)CN(C(=O)OC(C)(C)C)c1cccc(CN(Cc2ccc(C(C)(C)C)cc2)S(=O)(=O)c2cccc(F)c2)n1. The van der Waals surface area contributed by atoms with E-state index in [-0.39, 0.29) is 34.9 Å². The summed E-state index contributed by atoms with van der Waals surface area (Å²) in [6.07, 6.45) is -0.818. The van der Waals surface area contributed by atoms with E-state index in [0.29, 0.717) is 0 Å². The van der Waals surface area contributed by atoms with E-state index in [9.17, 15) is 22.4 Å². The molecule has 3 aromatic rings. The smallest absolute Gasteiger partial charge is 0.416 e.